The average Bonchev–Trinajstić information content (AvgIpc) is 2.62. The van der Waals surface area contributed by atoms with Crippen LogP contribution in [0, 0.1) is 0 Å². The van der Waals surface area contributed by atoms with Gasteiger partial charge in [-0.05, 0) is 55.0 Å². The van der Waals surface area contributed by atoms with Gasteiger partial charge in [-0.25, -0.2) is 4.98 Å². The fourth-order valence-electron chi connectivity index (χ4n) is 2.82. The number of fused-ring (bicyclic) bond motifs is 1. The van der Waals surface area contributed by atoms with Crippen molar-refractivity contribution in [3.63, 3.8) is 0 Å². The second kappa shape index (κ2) is 8.44. The van der Waals surface area contributed by atoms with Crippen molar-refractivity contribution in [3.8, 4) is 11.6 Å². The molecule has 0 saturated carbocycles. The second-order valence-electron chi connectivity index (χ2n) is 6.76. The number of amides is 1. The SMILES string of the molecule is CC(=O)NC(C)c1ccc2nc(Oc3ccc(SC(C)C)cc3)ccc2c1. The largest absolute Gasteiger partial charge is 0.439 e. The molecule has 1 N–H and O–H groups in total. The lowest BCUT2D eigenvalue weighted by molar-refractivity contribution is -0.119. The van der Waals surface area contributed by atoms with Crippen LogP contribution < -0.4 is 10.1 Å². The van der Waals surface area contributed by atoms with Crippen LogP contribution >= 0.6 is 11.8 Å². The summed E-state index contributed by atoms with van der Waals surface area (Å²) in [4.78, 5) is 17.1. The van der Waals surface area contributed by atoms with Crippen molar-refractivity contribution >= 4 is 28.6 Å². The van der Waals surface area contributed by atoms with Crippen LogP contribution in [0.3, 0.4) is 0 Å². The van der Waals surface area contributed by atoms with Crippen LogP contribution in [0.25, 0.3) is 10.9 Å². The van der Waals surface area contributed by atoms with Crippen LogP contribution in [0.1, 0.15) is 39.3 Å². The van der Waals surface area contributed by atoms with E-state index in [0.717, 1.165) is 22.2 Å². The van der Waals surface area contributed by atoms with Gasteiger partial charge in [0.2, 0.25) is 11.8 Å². The smallest absolute Gasteiger partial charge is 0.219 e. The van der Waals surface area contributed by atoms with E-state index in [0.29, 0.717) is 11.1 Å². The van der Waals surface area contributed by atoms with Gasteiger partial charge in [0, 0.05) is 28.5 Å². The maximum absolute atomic E-state index is 11.2. The number of benzene rings is 2. The number of pyridine rings is 1. The highest BCUT2D eigenvalue weighted by molar-refractivity contribution is 7.99. The van der Waals surface area contributed by atoms with Crippen LogP contribution in [0.5, 0.6) is 11.6 Å². The Morgan fingerprint density at radius 2 is 1.78 bits per heavy atom. The van der Waals surface area contributed by atoms with Crippen LogP contribution in [0.4, 0.5) is 0 Å². The van der Waals surface area contributed by atoms with Gasteiger partial charge in [0.25, 0.3) is 0 Å². The lowest BCUT2D eigenvalue weighted by Gasteiger charge is -2.13. The van der Waals surface area contributed by atoms with Gasteiger partial charge in [-0.15, -0.1) is 11.8 Å². The molecule has 0 saturated heterocycles. The van der Waals surface area contributed by atoms with Gasteiger partial charge in [0.15, 0.2) is 0 Å². The number of rotatable bonds is 6. The van der Waals surface area contributed by atoms with E-state index in [4.69, 9.17) is 4.74 Å². The molecule has 0 spiro atoms. The Morgan fingerprint density at radius 1 is 1.04 bits per heavy atom. The number of nitrogens with zero attached hydrogens (tertiary/aromatic N) is 1. The molecule has 1 heterocycles. The first-order valence-corrected chi connectivity index (χ1v) is 9.91. The van der Waals surface area contributed by atoms with Gasteiger partial charge in [-0.2, -0.15) is 0 Å². The molecule has 0 bridgehead atoms. The molecule has 4 nitrogen and oxygen atoms in total. The number of carbonyl (C=O) groups excluding carboxylic acids is 1. The predicted molar refractivity (Wildman–Crippen MR) is 111 cm³/mol. The lowest BCUT2D eigenvalue weighted by atomic mass is 10.1. The van der Waals surface area contributed by atoms with E-state index < -0.39 is 0 Å². The van der Waals surface area contributed by atoms with Crippen molar-refractivity contribution in [1.29, 1.82) is 0 Å². The molecule has 27 heavy (non-hydrogen) atoms. The number of nitrogens with one attached hydrogen (secondary N) is 1. The number of ether oxygens (including phenoxy) is 1. The molecule has 1 unspecified atom stereocenters. The summed E-state index contributed by atoms with van der Waals surface area (Å²) in [5, 5.41) is 4.47. The highest BCUT2D eigenvalue weighted by Crippen LogP contribution is 2.28. The fraction of sp³-hybridized carbons (Fsp3) is 0.273. The minimum Gasteiger partial charge on any atom is -0.439 e. The van der Waals surface area contributed by atoms with Gasteiger partial charge in [0.1, 0.15) is 5.75 Å². The first-order chi connectivity index (χ1) is 12.9. The number of hydrogen-bond acceptors (Lipinski definition) is 4. The van der Waals surface area contributed by atoms with E-state index >= 15 is 0 Å². The Kier molecular flexibility index (Phi) is 6.01. The van der Waals surface area contributed by atoms with E-state index in [9.17, 15) is 4.79 Å². The summed E-state index contributed by atoms with van der Waals surface area (Å²) < 4.78 is 5.90. The van der Waals surface area contributed by atoms with Crippen LogP contribution in [0.15, 0.2) is 59.5 Å². The zero-order valence-electron chi connectivity index (χ0n) is 16.0. The highest BCUT2D eigenvalue weighted by atomic mass is 32.2. The maximum atomic E-state index is 11.2. The Balaban J connectivity index is 1.75. The van der Waals surface area contributed by atoms with Gasteiger partial charge in [-0.1, -0.05) is 19.9 Å². The molecule has 140 valence electrons. The van der Waals surface area contributed by atoms with E-state index in [1.807, 2.05) is 61.2 Å². The molecule has 0 aliphatic rings. The maximum Gasteiger partial charge on any atom is 0.219 e. The minimum atomic E-state index is -0.0396. The van der Waals surface area contributed by atoms with Gasteiger partial charge in [-0.3, -0.25) is 4.79 Å². The molecule has 0 radical (unpaired) electrons. The normalized spacial score (nSPS) is 12.2. The molecule has 1 amide bonds. The van der Waals surface area contributed by atoms with Crippen molar-refractivity contribution in [2.75, 3.05) is 0 Å². The fourth-order valence-corrected chi connectivity index (χ4v) is 3.66. The van der Waals surface area contributed by atoms with Crippen molar-refractivity contribution in [1.82, 2.24) is 10.3 Å². The van der Waals surface area contributed by atoms with Crippen molar-refractivity contribution in [2.24, 2.45) is 0 Å². The molecule has 5 heteroatoms. The van der Waals surface area contributed by atoms with Crippen molar-refractivity contribution in [2.45, 2.75) is 43.9 Å². The summed E-state index contributed by atoms with van der Waals surface area (Å²) in [6, 6.07) is 17.9. The van der Waals surface area contributed by atoms with Gasteiger partial charge in [0.05, 0.1) is 11.6 Å². The zero-order chi connectivity index (χ0) is 19.4. The van der Waals surface area contributed by atoms with E-state index in [2.05, 4.69) is 36.3 Å². The molecule has 1 atom stereocenters. The molecule has 0 fully saturated rings. The van der Waals surface area contributed by atoms with Crippen molar-refractivity contribution < 1.29 is 9.53 Å². The summed E-state index contributed by atoms with van der Waals surface area (Å²) in [7, 11) is 0. The standard InChI is InChI=1S/C22H24N2O2S/c1-14(2)27-20-9-7-19(8-10-20)26-22-12-6-18-13-17(5-11-21(18)24-22)15(3)23-16(4)25/h5-15H,1-4H3,(H,23,25). The monoisotopic (exact) mass is 380 g/mol. The van der Waals surface area contributed by atoms with Crippen molar-refractivity contribution in [3.05, 3.63) is 60.2 Å². The average molecular weight is 381 g/mol. The summed E-state index contributed by atoms with van der Waals surface area (Å²) in [5.41, 5.74) is 1.91. The molecule has 3 rings (SSSR count). The first kappa shape index (κ1) is 19.2. The third-order valence-electron chi connectivity index (χ3n) is 4.03. The summed E-state index contributed by atoms with van der Waals surface area (Å²) >= 11 is 1.83. The minimum absolute atomic E-state index is 0.0370. The lowest BCUT2D eigenvalue weighted by Crippen LogP contribution is -2.23. The Labute approximate surface area is 164 Å². The van der Waals surface area contributed by atoms with E-state index in [1.54, 1.807) is 0 Å². The van der Waals surface area contributed by atoms with E-state index in [-0.39, 0.29) is 11.9 Å². The Hall–Kier alpha value is -2.53. The van der Waals surface area contributed by atoms with E-state index in [1.165, 1.54) is 11.8 Å². The molecule has 0 aliphatic heterocycles. The number of hydrogen-bond donors (Lipinski definition) is 1. The summed E-state index contributed by atoms with van der Waals surface area (Å²) in [5.74, 6) is 1.29. The summed E-state index contributed by atoms with van der Waals surface area (Å²) in [6.45, 7) is 7.85. The van der Waals surface area contributed by atoms with Crippen LogP contribution in [0.2, 0.25) is 0 Å². The third-order valence-corrected chi connectivity index (χ3v) is 5.04. The summed E-state index contributed by atoms with van der Waals surface area (Å²) in [6.07, 6.45) is 0. The molecular formula is C22H24N2O2S. The Bertz CT molecular complexity index is 939. The van der Waals surface area contributed by atoms with Gasteiger partial charge >= 0.3 is 0 Å². The molecular weight excluding hydrogens is 356 g/mol. The topological polar surface area (TPSA) is 51.2 Å². The zero-order valence-corrected chi connectivity index (χ0v) is 16.8. The molecule has 0 aliphatic carbocycles. The second-order valence-corrected chi connectivity index (χ2v) is 8.41. The van der Waals surface area contributed by atoms with Crippen LogP contribution in [-0.2, 0) is 4.79 Å². The number of carbonyl (C=O) groups is 1. The molecule has 2 aromatic carbocycles. The van der Waals surface area contributed by atoms with Crippen LogP contribution in [-0.4, -0.2) is 16.1 Å². The van der Waals surface area contributed by atoms with Gasteiger partial charge < -0.3 is 10.1 Å². The predicted octanol–water partition coefficient (Wildman–Crippen LogP) is 5.72. The quantitative estimate of drug-likeness (QED) is 0.555. The third kappa shape index (κ3) is 5.23. The molecule has 3 aromatic rings. The highest BCUT2D eigenvalue weighted by Gasteiger charge is 2.09. The first-order valence-electron chi connectivity index (χ1n) is 9.03. The number of thioether (sulfide) groups is 1. The Morgan fingerprint density at radius 3 is 2.44 bits per heavy atom. The molecule has 1 aromatic heterocycles. The number of aromatic nitrogens is 1.